The molecule has 2 heterocycles. The third kappa shape index (κ3) is 3.51. The third-order valence-electron chi connectivity index (χ3n) is 2.85. The Hall–Kier alpha value is -2.02. The van der Waals surface area contributed by atoms with E-state index in [0.717, 1.165) is 33.3 Å². The lowest BCUT2D eigenvalue weighted by Crippen LogP contribution is -2.04. The molecule has 20 heavy (non-hydrogen) atoms. The normalized spacial score (nSPS) is 10.5. The second-order valence-corrected chi connectivity index (χ2v) is 5.31. The standard InChI is InChI=1S/C13H15N3O3S/c1-3-11-5-4-10(8-14-11)13-15-9(2)12(20-13)6-7-19-16(17)18/h4-5,8H,3,6-7H2,1-2H3. The van der Waals surface area contributed by atoms with E-state index in [-0.39, 0.29) is 6.61 Å². The Kier molecular flexibility index (Phi) is 4.62. The van der Waals surface area contributed by atoms with Crippen molar-refractivity contribution in [2.75, 3.05) is 6.61 Å². The van der Waals surface area contributed by atoms with Crippen LogP contribution in [0.4, 0.5) is 0 Å². The zero-order valence-corrected chi connectivity index (χ0v) is 12.1. The topological polar surface area (TPSA) is 78.2 Å². The summed E-state index contributed by atoms with van der Waals surface area (Å²) in [5, 5.41) is 10.2. The minimum absolute atomic E-state index is 0.0580. The van der Waals surface area contributed by atoms with Crippen LogP contribution < -0.4 is 0 Å². The van der Waals surface area contributed by atoms with E-state index in [9.17, 15) is 10.1 Å². The lowest BCUT2D eigenvalue weighted by Gasteiger charge is -1.98. The van der Waals surface area contributed by atoms with Crippen LogP contribution in [0.1, 0.15) is 23.2 Å². The molecule has 0 radical (unpaired) electrons. The van der Waals surface area contributed by atoms with Crippen LogP contribution in [-0.2, 0) is 17.7 Å². The Balaban J connectivity index is 2.11. The highest BCUT2D eigenvalue weighted by Crippen LogP contribution is 2.27. The molecule has 0 amide bonds. The van der Waals surface area contributed by atoms with E-state index in [1.807, 2.05) is 25.3 Å². The monoisotopic (exact) mass is 293 g/mol. The van der Waals surface area contributed by atoms with E-state index >= 15 is 0 Å². The first kappa shape index (κ1) is 14.4. The van der Waals surface area contributed by atoms with Gasteiger partial charge in [0.15, 0.2) is 0 Å². The SMILES string of the molecule is CCc1ccc(-c2nc(C)c(CCO[N+](=O)[O-])s2)cn1. The number of hydrogen-bond acceptors (Lipinski definition) is 6. The van der Waals surface area contributed by atoms with E-state index in [1.54, 1.807) is 0 Å². The Labute approximate surface area is 120 Å². The van der Waals surface area contributed by atoms with E-state index in [2.05, 4.69) is 21.7 Å². The summed E-state index contributed by atoms with van der Waals surface area (Å²) in [6.45, 7) is 4.01. The van der Waals surface area contributed by atoms with Gasteiger partial charge in [0, 0.05) is 28.8 Å². The minimum atomic E-state index is -0.773. The molecule has 2 aromatic rings. The average molecular weight is 293 g/mol. The molecule has 0 aliphatic heterocycles. The molecule has 0 bridgehead atoms. The van der Waals surface area contributed by atoms with Crippen LogP contribution in [0, 0.1) is 17.0 Å². The maximum Gasteiger partial charge on any atom is 0.294 e. The lowest BCUT2D eigenvalue weighted by molar-refractivity contribution is -0.757. The van der Waals surface area contributed by atoms with Gasteiger partial charge in [-0.3, -0.25) is 4.98 Å². The average Bonchev–Trinajstić information content (AvgIpc) is 2.80. The maximum atomic E-state index is 10.1. The highest BCUT2D eigenvalue weighted by molar-refractivity contribution is 7.15. The van der Waals surface area contributed by atoms with Gasteiger partial charge in [-0.2, -0.15) is 0 Å². The van der Waals surface area contributed by atoms with Crippen LogP contribution in [0.3, 0.4) is 0 Å². The molecule has 106 valence electrons. The van der Waals surface area contributed by atoms with Gasteiger partial charge in [0.2, 0.25) is 0 Å². The molecule has 0 N–H and O–H groups in total. The molecule has 0 unspecified atom stereocenters. The quantitative estimate of drug-likeness (QED) is 0.604. The van der Waals surface area contributed by atoms with E-state index in [0.29, 0.717) is 6.42 Å². The molecule has 0 aliphatic carbocycles. The molecule has 2 rings (SSSR count). The second kappa shape index (κ2) is 6.42. The van der Waals surface area contributed by atoms with E-state index < -0.39 is 5.09 Å². The molecule has 0 aromatic carbocycles. The van der Waals surface area contributed by atoms with E-state index in [1.165, 1.54) is 11.3 Å². The van der Waals surface area contributed by atoms with Gasteiger partial charge in [0.25, 0.3) is 5.09 Å². The Morgan fingerprint density at radius 1 is 1.45 bits per heavy atom. The number of rotatable bonds is 6. The largest absolute Gasteiger partial charge is 0.314 e. The van der Waals surface area contributed by atoms with Crippen LogP contribution in [0.25, 0.3) is 10.6 Å². The van der Waals surface area contributed by atoms with Gasteiger partial charge in [0.1, 0.15) is 11.6 Å². The summed E-state index contributed by atoms with van der Waals surface area (Å²) >= 11 is 1.52. The van der Waals surface area contributed by atoms with Gasteiger partial charge in [-0.15, -0.1) is 21.5 Å². The minimum Gasteiger partial charge on any atom is -0.314 e. The number of aromatic nitrogens is 2. The number of pyridine rings is 1. The first-order valence-corrected chi connectivity index (χ1v) is 7.10. The van der Waals surface area contributed by atoms with Crippen LogP contribution in [0.5, 0.6) is 0 Å². The third-order valence-corrected chi connectivity index (χ3v) is 4.12. The molecular weight excluding hydrogens is 278 g/mol. The fourth-order valence-corrected chi connectivity index (χ4v) is 2.79. The van der Waals surface area contributed by atoms with Crippen molar-refractivity contribution >= 4 is 11.3 Å². The zero-order chi connectivity index (χ0) is 14.5. The van der Waals surface area contributed by atoms with Crippen molar-refractivity contribution in [3.8, 4) is 10.6 Å². The molecule has 0 atom stereocenters. The molecule has 0 saturated heterocycles. The molecule has 2 aromatic heterocycles. The van der Waals surface area contributed by atoms with Crippen LogP contribution in [-0.4, -0.2) is 21.7 Å². The van der Waals surface area contributed by atoms with Gasteiger partial charge in [-0.1, -0.05) is 6.92 Å². The summed E-state index contributed by atoms with van der Waals surface area (Å²) < 4.78 is 0. The van der Waals surface area contributed by atoms with E-state index in [4.69, 9.17) is 0 Å². The molecule has 0 saturated carbocycles. The van der Waals surface area contributed by atoms with Crippen molar-refractivity contribution < 1.29 is 9.92 Å². The summed E-state index contributed by atoms with van der Waals surface area (Å²) in [5.41, 5.74) is 2.90. The fraction of sp³-hybridized carbons (Fsp3) is 0.385. The summed E-state index contributed by atoms with van der Waals surface area (Å²) in [5.74, 6) is 0. The predicted octanol–water partition coefficient (Wildman–Crippen LogP) is 2.83. The maximum absolute atomic E-state index is 10.1. The Morgan fingerprint density at radius 3 is 2.85 bits per heavy atom. The zero-order valence-electron chi connectivity index (χ0n) is 11.3. The van der Waals surface area contributed by atoms with Gasteiger partial charge < -0.3 is 4.84 Å². The summed E-state index contributed by atoms with van der Waals surface area (Å²) in [6, 6.07) is 3.99. The first-order valence-electron chi connectivity index (χ1n) is 6.29. The molecule has 6 nitrogen and oxygen atoms in total. The number of aryl methyl sites for hydroxylation is 2. The smallest absolute Gasteiger partial charge is 0.294 e. The summed E-state index contributed by atoms with van der Waals surface area (Å²) in [4.78, 5) is 24.3. The molecule has 0 aliphatic rings. The second-order valence-electron chi connectivity index (χ2n) is 4.23. The summed E-state index contributed by atoms with van der Waals surface area (Å²) in [7, 11) is 0. The van der Waals surface area contributed by atoms with Crippen LogP contribution in [0.15, 0.2) is 18.3 Å². The lowest BCUT2D eigenvalue weighted by atomic mass is 10.2. The molecule has 0 fully saturated rings. The van der Waals surface area contributed by atoms with Crippen molar-refractivity contribution in [1.29, 1.82) is 0 Å². The number of hydrogen-bond donors (Lipinski definition) is 0. The highest BCUT2D eigenvalue weighted by atomic mass is 32.1. The molecule has 7 heteroatoms. The van der Waals surface area contributed by atoms with Crippen molar-refractivity contribution in [1.82, 2.24) is 9.97 Å². The number of nitrogens with zero attached hydrogens (tertiary/aromatic N) is 3. The van der Waals surface area contributed by atoms with Crippen molar-refractivity contribution in [2.45, 2.75) is 26.7 Å². The molecular formula is C13H15N3O3S. The Bertz CT molecular complexity index is 595. The highest BCUT2D eigenvalue weighted by Gasteiger charge is 2.10. The van der Waals surface area contributed by atoms with Gasteiger partial charge in [0.05, 0.1) is 5.69 Å². The Morgan fingerprint density at radius 2 is 2.25 bits per heavy atom. The van der Waals surface area contributed by atoms with Crippen molar-refractivity contribution in [3.63, 3.8) is 0 Å². The van der Waals surface area contributed by atoms with Gasteiger partial charge in [-0.05, 0) is 25.5 Å². The van der Waals surface area contributed by atoms with Crippen LogP contribution in [0.2, 0.25) is 0 Å². The number of thiazole rings is 1. The van der Waals surface area contributed by atoms with Gasteiger partial charge >= 0.3 is 0 Å². The summed E-state index contributed by atoms with van der Waals surface area (Å²) in [6.07, 6.45) is 3.21. The molecule has 0 spiro atoms. The van der Waals surface area contributed by atoms with Crippen molar-refractivity contribution in [3.05, 3.63) is 44.7 Å². The first-order chi connectivity index (χ1) is 9.60. The van der Waals surface area contributed by atoms with Gasteiger partial charge in [-0.25, -0.2) is 4.98 Å². The fourth-order valence-electron chi connectivity index (χ4n) is 1.76. The van der Waals surface area contributed by atoms with Crippen molar-refractivity contribution in [2.24, 2.45) is 0 Å². The van der Waals surface area contributed by atoms with Crippen LogP contribution >= 0.6 is 11.3 Å². The predicted molar refractivity (Wildman–Crippen MR) is 76.1 cm³/mol.